The summed E-state index contributed by atoms with van der Waals surface area (Å²) >= 11 is 0. The Labute approximate surface area is 138 Å². The summed E-state index contributed by atoms with van der Waals surface area (Å²) < 4.78 is 0. The minimum Gasteiger partial charge on any atom is -0.481 e. The SMILES string of the molecule is CCCCCCCCCCCC/C=C\CCCCCC(=O)O. The van der Waals surface area contributed by atoms with Gasteiger partial charge in [0.1, 0.15) is 0 Å². The molecule has 0 aromatic heterocycles. The van der Waals surface area contributed by atoms with Gasteiger partial charge in [-0.05, 0) is 32.1 Å². The lowest BCUT2D eigenvalue weighted by Gasteiger charge is -2.01. The number of allylic oxidation sites excluding steroid dienone is 2. The van der Waals surface area contributed by atoms with Crippen LogP contribution < -0.4 is 0 Å². The van der Waals surface area contributed by atoms with Crippen molar-refractivity contribution in [3.63, 3.8) is 0 Å². The topological polar surface area (TPSA) is 37.3 Å². The zero-order valence-electron chi connectivity index (χ0n) is 14.8. The third-order valence-corrected chi connectivity index (χ3v) is 4.15. The fourth-order valence-corrected chi connectivity index (χ4v) is 2.70. The number of hydrogen-bond donors (Lipinski definition) is 1. The van der Waals surface area contributed by atoms with Gasteiger partial charge in [0.15, 0.2) is 0 Å². The van der Waals surface area contributed by atoms with Crippen molar-refractivity contribution in [2.24, 2.45) is 0 Å². The predicted octanol–water partition coefficient (Wildman–Crippen LogP) is 6.89. The molecule has 0 bridgehead atoms. The van der Waals surface area contributed by atoms with Crippen LogP contribution >= 0.6 is 0 Å². The van der Waals surface area contributed by atoms with Crippen LogP contribution in [0.25, 0.3) is 0 Å². The monoisotopic (exact) mass is 310 g/mol. The Hall–Kier alpha value is -0.790. The van der Waals surface area contributed by atoms with Crippen LogP contribution in [0.4, 0.5) is 0 Å². The fourth-order valence-electron chi connectivity index (χ4n) is 2.70. The van der Waals surface area contributed by atoms with E-state index in [4.69, 9.17) is 5.11 Å². The maximum atomic E-state index is 10.3. The van der Waals surface area contributed by atoms with E-state index < -0.39 is 5.97 Å². The standard InChI is InChI=1S/C20H38O2/c1-2-3-4-5-6-7-8-9-10-11-12-13-14-15-16-17-18-19-20(21)22/h13-14H,2-12,15-19H2,1H3,(H,21,22)/b14-13-. The molecule has 0 amide bonds. The molecule has 130 valence electrons. The largest absolute Gasteiger partial charge is 0.481 e. The van der Waals surface area contributed by atoms with Crippen molar-refractivity contribution in [3.05, 3.63) is 12.2 Å². The molecule has 0 spiro atoms. The first-order valence-corrected chi connectivity index (χ1v) is 9.64. The van der Waals surface area contributed by atoms with Crippen LogP contribution in [0.2, 0.25) is 0 Å². The molecule has 0 aromatic rings. The second-order valence-corrected chi connectivity index (χ2v) is 6.44. The van der Waals surface area contributed by atoms with Crippen LogP contribution in [-0.4, -0.2) is 11.1 Å². The van der Waals surface area contributed by atoms with Gasteiger partial charge in [-0.2, -0.15) is 0 Å². The highest BCUT2D eigenvalue weighted by atomic mass is 16.4. The molecule has 0 aliphatic carbocycles. The fraction of sp³-hybridized carbons (Fsp3) is 0.850. The Balaban J connectivity index is 3.06. The van der Waals surface area contributed by atoms with E-state index in [1.54, 1.807) is 0 Å². The van der Waals surface area contributed by atoms with E-state index in [1.807, 2.05) is 0 Å². The first-order chi connectivity index (χ1) is 10.8. The third kappa shape index (κ3) is 19.2. The molecular weight excluding hydrogens is 272 g/mol. The van der Waals surface area contributed by atoms with Crippen LogP contribution in [0.5, 0.6) is 0 Å². The van der Waals surface area contributed by atoms with Crippen molar-refractivity contribution in [2.45, 2.75) is 110 Å². The van der Waals surface area contributed by atoms with Gasteiger partial charge in [-0.3, -0.25) is 4.79 Å². The van der Waals surface area contributed by atoms with Gasteiger partial charge in [-0.1, -0.05) is 83.3 Å². The summed E-state index contributed by atoms with van der Waals surface area (Å²) in [6.07, 6.45) is 24.2. The number of carboxylic acid groups (broad SMARTS) is 1. The van der Waals surface area contributed by atoms with E-state index in [9.17, 15) is 4.79 Å². The lowest BCUT2D eigenvalue weighted by atomic mass is 10.1. The summed E-state index contributed by atoms with van der Waals surface area (Å²) in [4.78, 5) is 10.3. The highest BCUT2D eigenvalue weighted by Gasteiger charge is 1.95. The molecule has 22 heavy (non-hydrogen) atoms. The maximum absolute atomic E-state index is 10.3. The number of rotatable bonds is 17. The van der Waals surface area contributed by atoms with E-state index in [1.165, 1.54) is 70.6 Å². The number of carboxylic acids is 1. The third-order valence-electron chi connectivity index (χ3n) is 4.15. The molecule has 0 unspecified atom stereocenters. The lowest BCUT2D eigenvalue weighted by molar-refractivity contribution is -0.137. The first kappa shape index (κ1) is 21.2. The van der Waals surface area contributed by atoms with Crippen LogP contribution in [0.15, 0.2) is 12.2 Å². The number of hydrogen-bond acceptors (Lipinski definition) is 1. The normalized spacial score (nSPS) is 11.3. The molecule has 2 nitrogen and oxygen atoms in total. The number of carbonyl (C=O) groups is 1. The van der Waals surface area contributed by atoms with Crippen molar-refractivity contribution in [1.29, 1.82) is 0 Å². The second-order valence-electron chi connectivity index (χ2n) is 6.44. The van der Waals surface area contributed by atoms with Gasteiger partial charge in [-0.15, -0.1) is 0 Å². The molecule has 0 aromatic carbocycles. The molecular formula is C20H38O2. The number of aliphatic carboxylic acids is 1. The van der Waals surface area contributed by atoms with Crippen LogP contribution in [0.1, 0.15) is 110 Å². The van der Waals surface area contributed by atoms with E-state index >= 15 is 0 Å². The molecule has 0 saturated carbocycles. The Bertz CT molecular complexity index is 258. The molecule has 0 radical (unpaired) electrons. The highest BCUT2D eigenvalue weighted by Crippen LogP contribution is 2.11. The van der Waals surface area contributed by atoms with Gasteiger partial charge >= 0.3 is 5.97 Å². The molecule has 0 aliphatic heterocycles. The molecule has 0 fully saturated rings. The summed E-state index contributed by atoms with van der Waals surface area (Å²) in [5.74, 6) is -0.670. The molecule has 0 rings (SSSR count). The van der Waals surface area contributed by atoms with Crippen molar-refractivity contribution in [1.82, 2.24) is 0 Å². The smallest absolute Gasteiger partial charge is 0.303 e. The molecule has 2 heteroatoms. The van der Waals surface area contributed by atoms with Crippen LogP contribution in [0, 0.1) is 0 Å². The Kier molecular flexibility index (Phi) is 17.6. The Morgan fingerprint density at radius 2 is 1.09 bits per heavy atom. The summed E-state index contributed by atoms with van der Waals surface area (Å²) in [5, 5.41) is 8.53. The summed E-state index contributed by atoms with van der Waals surface area (Å²) in [6, 6.07) is 0. The molecule has 1 N–H and O–H groups in total. The highest BCUT2D eigenvalue weighted by molar-refractivity contribution is 5.66. The first-order valence-electron chi connectivity index (χ1n) is 9.64. The van der Waals surface area contributed by atoms with Gasteiger partial charge in [0.05, 0.1) is 0 Å². The summed E-state index contributed by atoms with van der Waals surface area (Å²) in [5.41, 5.74) is 0. The maximum Gasteiger partial charge on any atom is 0.303 e. The van der Waals surface area contributed by atoms with E-state index in [0.29, 0.717) is 6.42 Å². The average molecular weight is 311 g/mol. The molecule has 0 atom stereocenters. The molecule has 0 saturated heterocycles. The van der Waals surface area contributed by atoms with Crippen LogP contribution in [-0.2, 0) is 4.79 Å². The van der Waals surface area contributed by atoms with Gasteiger partial charge in [0.25, 0.3) is 0 Å². The van der Waals surface area contributed by atoms with E-state index in [-0.39, 0.29) is 0 Å². The van der Waals surface area contributed by atoms with Crippen molar-refractivity contribution in [3.8, 4) is 0 Å². The summed E-state index contributed by atoms with van der Waals surface area (Å²) in [6.45, 7) is 2.27. The van der Waals surface area contributed by atoms with Gasteiger partial charge in [-0.25, -0.2) is 0 Å². The minimum absolute atomic E-state index is 0.322. The van der Waals surface area contributed by atoms with E-state index in [0.717, 1.165) is 25.7 Å². The quantitative estimate of drug-likeness (QED) is 0.234. The van der Waals surface area contributed by atoms with Gasteiger partial charge in [0, 0.05) is 6.42 Å². The zero-order valence-corrected chi connectivity index (χ0v) is 14.8. The average Bonchev–Trinajstić information content (AvgIpc) is 2.50. The lowest BCUT2D eigenvalue weighted by Crippen LogP contribution is -1.93. The van der Waals surface area contributed by atoms with Crippen LogP contribution in [0.3, 0.4) is 0 Å². The summed E-state index contributed by atoms with van der Waals surface area (Å²) in [7, 11) is 0. The second kappa shape index (κ2) is 18.3. The van der Waals surface area contributed by atoms with Crippen molar-refractivity contribution in [2.75, 3.05) is 0 Å². The van der Waals surface area contributed by atoms with Gasteiger partial charge in [0.2, 0.25) is 0 Å². The van der Waals surface area contributed by atoms with Crippen molar-refractivity contribution >= 4 is 5.97 Å². The van der Waals surface area contributed by atoms with Crippen molar-refractivity contribution < 1.29 is 9.90 Å². The zero-order chi connectivity index (χ0) is 16.3. The van der Waals surface area contributed by atoms with Gasteiger partial charge < -0.3 is 5.11 Å². The minimum atomic E-state index is -0.670. The molecule has 0 heterocycles. The number of unbranched alkanes of at least 4 members (excludes halogenated alkanes) is 13. The van der Waals surface area contributed by atoms with E-state index in [2.05, 4.69) is 19.1 Å². The Morgan fingerprint density at radius 1 is 0.682 bits per heavy atom. The Morgan fingerprint density at radius 3 is 1.55 bits per heavy atom. The predicted molar refractivity (Wildman–Crippen MR) is 96.3 cm³/mol. The molecule has 0 aliphatic rings.